The second kappa shape index (κ2) is 15.6. The highest BCUT2D eigenvalue weighted by Crippen LogP contribution is 2.86. The molecule has 8 aromatic carbocycles. The second-order valence-corrected chi connectivity index (χ2v) is 20.0. The summed E-state index contributed by atoms with van der Waals surface area (Å²) in [7, 11) is 0. The molecule has 66 heavy (non-hydrogen) atoms. The molecule has 0 amide bonds. The predicted octanol–water partition coefficient (Wildman–Crippen LogP) is 12.1. The summed E-state index contributed by atoms with van der Waals surface area (Å²) in [4.78, 5) is 0. The number of hydrogen-bond acceptors (Lipinski definition) is 4. The van der Waals surface area contributed by atoms with E-state index in [4.69, 9.17) is 0 Å². The lowest BCUT2D eigenvalue weighted by molar-refractivity contribution is -0.343. The monoisotopic (exact) mass is 864 g/mol. The van der Waals surface area contributed by atoms with Gasteiger partial charge in [-0.05, 0) is 83.0 Å². The van der Waals surface area contributed by atoms with Crippen molar-refractivity contribution in [3.63, 3.8) is 0 Å². The molecular weight excluding hydrogens is 809 g/mol. The first-order chi connectivity index (χ1) is 32.1. The lowest BCUT2D eigenvalue weighted by Gasteiger charge is -2.79. The molecule has 0 spiro atoms. The van der Waals surface area contributed by atoms with Gasteiger partial charge in [0.25, 0.3) is 0 Å². The van der Waals surface area contributed by atoms with Crippen molar-refractivity contribution in [3.8, 4) is 0 Å². The van der Waals surface area contributed by atoms with Crippen LogP contribution in [0.15, 0.2) is 243 Å². The zero-order chi connectivity index (χ0) is 45.1. The molecule has 0 atom stereocenters. The van der Waals surface area contributed by atoms with Gasteiger partial charge in [-0.2, -0.15) is 0 Å². The van der Waals surface area contributed by atoms with Gasteiger partial charge in [0.2, 0.25) is 0 Å². The second-order valence-electron chi connectivity index (χ2n) is 20.0. The van der Waals surface area contributed by atoms with E-state index < -0.39 is 44.1 Å². The first-order valence-corrected chi connectivity index (χ1v) is 23.4. The van der Waals surface area contributed by atoms with Crippen molar-refractivity contribution < 1.29 is 20.4 Å². The quantitative estimate of drug-likeness (QED) is 0.0986. The molecule has 8 aromatic rings. The highest BCUT2D eigenvalue weighted by atomic mass is 16.3. The van der Waals surface area contributed by atoms with Crippen molar-refractivity contribution in [1.82, 2.24) is 0 Å². The average molecular weight is 865 g/mol. The molecule has 0 aromatic heterocycles. The van der Waals surface area contributed by atoms with Crippen LogP contribution in [0.4, 0.5) is 0 Å². The van der Waals surface area contributed by atoms with E-state index in [0.717, 1.165) is 44.5 Å². The van der Waals surface area contributed by atoms with E-state index >= 15 is 0 Å². The normalized spacial score (nSPS) is 23.9. The number of hydrogen-bond donors (Lipinski definition) is 4. The molecule has 4 aliphatic carbocycles. The van der Waals surface area contributed by atoms with Crippen LogP contribution in [-0.2, 0) is 22.4 Å². The summed E-state index contributed by atoms with van der Waals surface area (Å²) < 4.78 is 0. The van der Waals surface area contributed by atoms with Crippen molar-refractivity contribution in [1.29, 1.82) is 0 Å². The first-order valence-electron chi connectivity index (χ1n) is 23.4. The molecule has 0 radical (unpaired) electrons. The highest BCUT2D eigenvalue weighted by Gasteiger charge is 2.82. The van der Waals surface area contributed by atoms with Crippen molar-refractivity contribution in [3.05, 3.63) is 287 Å². The molecule has 4 fully saturated rings. The van der Waals surface area contributed by atoms with E-state index in [2.05, 4.69) is 0 Å². The van der Waals surface area contributed by atoms with Gasteiger partial charge in [-0.3, -0.25) is 0 Å². The molecule has 4 heteroatoms. The Morgan fingerprint density at radius 3 is 0.409 bits per heavy atom. The maximum atomic E-state index is 14.8. The Bertz CT molecular complexity index is 2310. The SMILES string of the molecule is OC(c1ccccc1)(c1ccccc1)C12CC3(C(O)(c4ccccc4)c4ccccc4)CC(C(O)(c4ccccc4)c4ccccc4)(C1)CC(C(O)(c1ccccc1)c1ccccc1)(C2)C3. The Morgan fingerprint density at radius 1 is 0.197 bits per heavy atom. The lowest BCUT2D eigenvalue weighted by Crippen LogP contribution is -2.76. The fourth-order valence-corrected chi connectivity index (χ4v) is 14.7. The zero-order valence-electron chi connectivity index (χ0n) is 37.1. The molecule has 328 valence electrons. The van der Waals surface area contributed by atoms with Gasteiger partial charge >= 0.3 is 0 Å². The number of rotatable bonds is 12. The Kier molecular flexibility index (Phi) is 9.99. The van der Waals surface area contributed by atoms with E-state index in [9.17, 15) is 20.4 Å². The van der Waals surface area contributed by atoms with Crippen LogP contribution in [0.2, 0.25) is 0 Å². The van der Waals surface area contributed by atoms with Crippen molar-refractivity contribution in [2.75, 3.05) is 0 Å². The summed E-state index contributed by atoms with van der Waals surface area (Å²) in [6, 6.07) is 80.1. The molecule has 0 heterocycles. The molecule has 4 aliphatic rings. The Balaban J connectivity index is 1.35. The van der Waals surface area contributed by atoms with Crippen LogP contribution >= 0.6 is 0 Å². The van der Waals surface area contributed by atoms with Crippen LogP contribution in [0.1, 0.15) is 83.0 Å². The predicted molar refractivity (Wildman–Crippen MR) is 261 cm³/mol. The Hall–Kier alpha value is -6.40. The van der Waals surface area contributed by atoms with Crippen LogP contribution < -0.4 is 0 Å². The van der Waals surface area contributed by atoms with Crippen LogP contribution in [0.3, 0.4) is 0 Å². The number of aliphatic hydroxyl groups is 4. The van der Waals surface area contributed by atoms with Gasteiger partial charge in [0.15, 0.2) is 0 Å². The summed E-state index contributed by atoms with van der Waals surface area (Å²) in [5.74, 6) is 0. The van der Waals surface area contributed by atoms with Gasteiger partial charge in [-0.15, -0.1) is 0 Å². The van der Waals surface area contributed by atoms with E-state index in [1.54, 1.807) is 0 Å². The molecule has 0 saturated heterocycles. The van der Waals surface area contributed by atoms with Crippen LogP contribution in [-0.4, -0.2) is 20.4 Å². The van der Waals surface area contributed by atoms with Crippen molar-refractivity contribution >= 4 is 0 Å². The molecule has 0 unspecified atom stereocenters. The molecule has 4 saturated carbocycles. The Labute approximate surface area is 388 Å². The van der Waals surface area contributed by atoms with Gasteiger partial charge in [-0.25, -0.2) is 0 Å². The minimum atomic E-state index is -1.69. The number of benzene rings is 8. The Morgan fingerprint density at radius 2 is 0.303 bits per heavy atom. The fraction of sp³-hybridized carbons (Fsp3) is 0.226. The van der Waals surface area contributed by atoms with Crippen molar-refractivity contribution in [2.45, 2.75) is 60.9 Å². The fourth-order valence-electron chi connectivity index (χ4n) is 14.7. The third-order valence-corrected chi connectivity index (χ3v) is 16.7. The molecule has 0 aliphatic heterocycles. The molecule has 12 rings (SSSR count). The first kappa shape index (κ1) is 42.2. The van der Waals surface area contributed by atoms with Gasteiger partial charge < -0.3 is 20.4 Å². The third-order valence-electron chi connectivity index (χ3n) is 16.7. The van der Waals surface area contributed by atoms with Gasteiger partial charge in [0.05, 0.1) is 0 Å². The minimum absolute atomic E-state index is 0.378. The lowest BCUT2D eigenvalue weighted by atomic mass is 9.25. The van der Waals surface area contributed by atoms with Gasteiger partial charge in [0.1, 0.15) is 22.4 Å². The summed E-state index contributed by atoms with van der Waals surface area (Å²) in [6.45, 7) is 0. The standard InChI is InChI=1S/C62H56O4/c63-59(47-25-9-1-10-26-47,48-27-11-2-12-28-48)55-41-56(60(64,49-29-13-3-14-30-49)50-31-15-4-16-32-50)44-57(42-55,61(65,51-33-17-5-18-34-51)52-35-19-6-20-36-52)46-58(43-55,45-56)62(66,53-37-21-7-22-38-53)54-39-23-8-24-40-54/h1-40,63-66H,41-46H2. The summed E-state index contributed by atoms with van der Waals surface area (Å²) in [5, 5.41) is 59.4. The molecule has 4 N–H and O–H groups in total. The third kappa shape index (κ3) is 5.85. The maximum Gasteiger partial charge on any atom is 0.120 e. The van der Waals surface area contributed by atoms with E-state index in [1.807, 2.05) is 243 Å². The average Bonchev–Trinajstić information content (AvgIpc) is 3.39. The largest absolute Gasteiger partial charge is 0.380 e. The van der Waals surface area contributed by atoms with Crippen LogP contribution in [0, 0.1) is 21.7 Å². The zero-order valence-corrected chi connectivity index (χ0v) is 37.1. The maximum absolute atomic E-state index is 14.8. The van der Waals surface area contributed by atoms with Gasteiger partial charge in [-0.1, -0.05) is 243 Å². The highest BCUT2D eigenvalue weighted by molar-refractivity contribution is 5.52. The van der Waals surface area contributed by atoms with Crippen molar-refractivity contribution in [2.24, 2.45) is 21.7 Å². The summed E-state index contributed by atoms with van der Waals surface area (Å²) in [6.07, 6.45) is 2.27. The topological polar surface area (TPSA) is 80.9 Å². The van der Waals surface area contributed by atoms with E-state index in [-0.39, 0.29) is 0 Å². The van der Waals surface area contributed by atoms with Crippen LogP contribution in [0.25, 0.3) is 0 Å². The van der Waals surface area contributed by atoms with E-state index in [0.29, 0.717) is 38.5 Å². The molecular formula is C62H56O4. The van der Waals surface area contributed by atoms with Crippen LogP contribution in [0.5, 0.6) is 0 Å². The molecule has 4 nitrogen and oxygen atoms in total. The molecule has 4 bridgehead atoms. The van der Waals surface area contributed by atoms with Gasteiger partial charge in [0, 0.05) is 21.7 Å². The van der Waals surface area contributed by atoms with E-state index in [1.165, 1.54) is 0 Å². The minimum Gasteiger partial charge on any atom is -0.380 e. The summed E-state index contributed by atoms with van der Waals surface area (Å²) >= 11 is 0. The summed E-state index contributed by atoms with van der Waals surface area (Å²) in [5.41, 5.74) is -5.42. The smallest absolute Gasteiger partial charge is 0.120 e.